The van der Waals surface area contributed by atoms with Crippen LogP contribution in [0.2, 0.25) is 0 Å². The summed E-state index contributed by atoms with van der Waals surface area (Å²) >= 11 is 0. The van der Waals surface area contributed by atoms with Crippen molar-refractivity contribution in [2.24, 2.45) is 11.8 Å². The van der Waals surface area contributed by atoms with E-state index in [0.717, 1.165) is 47.9 Å². The van der Waals surface area contributed by atoms with Crippen molar-refractivity contribution in [1.82, 2.24) is 10.6 Å². The van der Waals surface area contributed by atoms with Crippen LogP contribution in [0.25, 0.3) is 11.1 Å². The van der Waals surface area contributed by atoms with Crippen LogP contribution in [0.3, 0.4) is 0 Å². The molecule has 0 spiro atoms. The van der Waals surface area contributed by atoms with Crippen molar-refractivity contribution in [1.29, 1.82) is 0 Å². The highest BCUT2D eigenvalue weighted by molar-refractivity contribution is 5.85. The van der Waals surface area contributed by atoms with Crippen molar-refractivity contribution in [3.63, 3.8) is 0 Å². The lowest BCUT2D eigenvalue weighted by molar-refractivity contribution is -0.142. The van der Waals surface area contributed by atoms with E-state index >= 15 is 0 Å². The minimum atomic E-state index is -1.08. The fraction of sp³-hybridized carbons (Fsp3) is 0.464. The molecule has 7 nitrogen and oxygen atoms in total. The van der Waals surface area contributed by atoms with Gasteiger partial charge in [-0.1, -0.05) is 80.6 Å². The van der Waals surface area contributed by atoms with E-state index in [9.17, 15) is 14.4 Å². The van der Waals surface area contributed by atoms with Crippen LogP contribution in [-0.2, 0) is 14.3 Å². The third-order valence-electron chi connectivity index (χ3n) is 7.28. The number of carboxylic acids is 1. The Labute approximate surface area is 206 Å². The third-order valence-corrected chi connectivity index (χ3v) is 7.28. The lowest BCUT2D eigenvalue weighted by Gasteiger charge is -2.26. The Morgan fingerprint density at radius 1 is 0.971 bits per heavy atom. The summed E-state index contributed by atoms with van der Waals surface area (Å²) < 4.78 is 5.60. The van der Waals surface area contributed by atoms with Gasteiger partial charge in [-0.2, -0.15) is 0 Å². The zero-order valence-electron chi connectivity index (χ0n) is 20.2. The molecule has 2 aromatic rings. The molecular weight excluding hydrogens is 444 g/mol. The van der Waals surface area contributed by atoms with Crippen molar-refractivity contribution < 1.29 is 24.2 Å². The fourth-order valence-electron chi connectivity index (χ4n) is 5.36. The normalized spacial score (nSPS) is 17.1. The molecule has 2 aromatic carbocycles. The highest BCUT2D eigenvalue weighted by Gasteiger charge is 2.30. The number of ether oxygens (including phenoxy) is 1. The number of carboxylic acid groups (broad SMARTS) is 1. The van der Waals surface area contributed by atoms with Crippen LogP contribution in [-0.4, -0.2) is 42.3 Å². The maximum absolute atomic E-state index is 12.8. The first-order valence-electron chi connectivity index (χ1n) is 12.6. The molecule has 3 N–H and O–H groups in total. The first-order valence-corrected chi connectivity index (χ1v) is 12.6. The number of alkyl carbamates (subject to hydrolysis) is 1. The van der Waals surface area contributed by atoms with Gasteiger partial charge in [-0.15, -0.1) is 0 Å². The highest BCUT2D eigenvalue weighted by atomic mass is 16.5. The number of nitrogens with one attached hydrogen (secondary N) is 2. The topological polar surface area (TPSA) is 105 Å². The average Bonchev–Trinajstić information content (AvgIpc) is 3.19. The van der Waals surface area contributed by atoms with E-state index in [4.69, 9.17) is 9.84 Å². The standard InChI is InChI=1S/C28H34N2O5/c1-18(27(32)33)30-26(31)20(15-19-9-3-2-4-10-19)16-29-28(34)35-17-25-23-13-7-5-11-21(23)22-12-6-8-14-24(22)25/h5-8,11-14,18-20,25H,2-4,9-10,15-17H2,1H3,(H,29,34)(H,30,31)(H,32,33)/t18-,20?/m1/s1. The fourth-order valence-corrected chi connectivity index (χ4v) is 5.36. The van der Waals surface area contributed by atoms with Gasteiger partial charge in [0.15, 0.2) is 0 Å². The smallest absolute Gasteiger partial charge is 0.407 e. The molecule has 2 aliphatic rings. The van der Waals surface area contributed by atoms with Crippen LogP contribution >= 0.6 is 0 Å². The molecule has 7 heteroatoms. The molecule has 2 atom stereocenters. The maximum atomic E-state index is 12.8. The minimum Gasteiger partial charge on any atom is -0.480 e. The number of rotatable bonds is 9. The molecule has 0 saturated heterocycles. The molecule has 1 saturated carbocycles. The van der Waals surface area contributed by atoms with Gasteiger partial charge in [-0.3, -0.25) is 9.59 Å². The van der Waals surface area contributed by atoms with Gasteiger partial charge in [-0.25, -0.2) is 4.79 Å². The minimum absolute atomic E-state index is 0.0362. The third kappa shape index (κ3) is 6.02. The molecule has 0 aliphatic heterocycles. The Morgan fingerprint density at radius 2 is 1.57 bits per heavy atom. The van der Waals surface area contributed by atoms with Gasteiger partial charge < -0.3 is 20.5 Å². The molecular formula is C28H34N2O5. The number of benzene rings is 2. The summed E-state index contributed by atoms with van der Waals surface area (Å²) in [6, 6.07) is 15.3. The van der Waals surface area contributed by atoms with Crippen molar-refractivity contribution >= 4 is 18.0 Å². The zero-order chi connectivity index (χ0) is 24.8. The SMILES string of the molecule is C[C@@H](NC(=O)C(CNC(=O)OCC1c2ccccc2-c2ccccc21)CC1CCCCC1)C(=O)O. The molecule has 4 rings (SSSR count). The molecule has 35 heavy (non-hydrogen) atoms. The van der Waals surface area contributed by atoms with Gasteiger partial charge >= 0.3 is 12.1 Å². The Kier molecular flexibility index (Phi) is 8.06. The molecule has 186 valence electrons. The van der Waals surface area contributed by atoms with Crippen molar-refractivity contribution in [2.45, 2.75) is 57.4 Å². The van der Waals surface area contributed by atoms with Crippen molar-refractivity contribution in [2.75, 3.05) is 13.2 Å². The van der Waals surface area contributed by atoms with Crippen LogP contribution in [0.15, 0.2) is 48.5 Å². The summed E-state index contributed by atoms with van der Waals surface area (Å²) in [6.07, 6.45) is 5.67. The van der Waals surface area contributed by atoms with E-state index < -0.39 is 24.0 Å². The number of amides is 2. The summed E-state index contributed by atoms with van der Waals surface area (Å²) in [4.78, 5) is 36.6. The highest BCUT2D eigenvalue weighted by Crippen LogP contribution is 2.44. The monoisotopic (exact) mass is 478 g/mol. The summed E-state index contributed by atoms with van der Waals surface area (Å²) in [5.74, 6) is -1.56. The van der Waals surface area contributed by atoms with Crippen molar-refractivity contribution in [3.8, 4) is 11.1 Å². The number of carbonyl (C=O) groups is 3. The lowest BCUT2D eigenvalue weighted by atomic mass is 9.82. The van der Waals surface area contributed by atoms with E-state index in [2.05, 4.69) is 34.9 Å². The van der Waals surface area contributed by atoms with Gasteiger partial charge in [0.05, 0.1) is 5.92 Å². The number of hydrogen-bond acceptors (Lipinski definition) is 4. The van der Waals surface area contributed by atoms with Gasteiger partial charge in [0.25, 0.3) is 0 Å². The molecule has 0 bridgehead atoms. The van der Waals surface area contributed by atoms with Gasteiger partial charge in [0, 0.05) is 12.5 Å². The summed E-state index contributed by atoms with van der Waals surface area (Å²) in [5.41, 5.74) is 4.60. The number of aliphatic carboxylic acids is 1. The van der Waals surface area contributed by atoms with Crippen LogP contribution < -0.4 is 10.6 Å². The second kappa shape index (κ2) is 11.4. The first kappa shape index (κ1) is 24.8. The Hall–Kier alpha value is -3.35. The van der Waals surface area contributed by atoms with Gasteiger partial charge in [-0.05, 0) is 41.5 Å². The molecule has 1 unspecified atom stereocenters. The quantitative estimate of drug-likeness (QED) is 0.485. The second-order valence-electron chi connectivity index (χ2n) is 9.71. The predicted octanol–water partition coefficient (Wildman–Crippen LogP) is 4.70. The number of fused-ring (bicyclic) bond motifs is 3. The Morgan fingerprint density at radius 3 is 2.17 bits per heavy atom. The summed E-state index contributed by atoms with van der Waals surface area (Å²) in [6.45, 7) is 1.76. The van der Waals surface area contributed by atoms with Gasteiger partial charge in [0.1, 0.15) is 12.6 Å². The average molecular weight is 479 g/mol. The van der Waals surface area contributed by atoms with Crippen LogP contribution in [0.4, 0.5) is 4.79 Å². The lowest BCUT2D eigenvalue weighted by Crippen LogP contribution is -2.45. The number of carbonyl (C=O) groups excluding carboxylic acids is 2. The van der Waals surface area contributed by atoms with Crippen LogP contribution in [0.5, 0.6) is 0 Å². The Balaban J connectivity index is 1.36. The largest absolute Gasteiger partial charge is 0.480 e. The second-order valence-corrected chi connectivity index (χ2v) is 9.71. The maximum Gasteiger partial charge on any atom is 0.407 e. The molecule has 2 amide bonds. The van der Waals surface area contributed by atoms with E-state index in [0.29, 0.717) is 12.3 Å². The van der Waals surface area contributed by atoms with E-state index in [1.54, 1.807) is 0 Å². The predicted molar refractivity (Wildman–Crippen MR) is 133 cm³/mol. The summed E-state index contributed by atoms with van der Waals surface area (Å²) in [5, 5.41) is 14.5. The molecule has 0 radical (unpaired) electrons. The first-order chi connectivity index (χ1) is 16.9. The van der Waals surface area contributed by atoms with Crippen molar-refractivity contribution in [3.05, 3.63) is 59.7 Å². The molecule has 0 aromatic heterocycles. The van der Waals surface area contributed by atoms with Gasteiger partial charge in [0.2, 0.25) is 5.91 Å². The van der Waals surface area contributed by atoms with Crippen LogP contribution in [0, 0.1) is 11.8 Å². The van der Waals surface area contributed by atoms with Crippen LogP contribution in [0.1, 0.15) is 62.5 Å². The van der Waals surface area contributed by atoms with E-state index in [1.807, 2.05) is 24.3 Å². The van der Waals surface area contributed by atoms with E-state index in [-0.39, 0.29) is 25.0 Å². The molecule has 2 aliphatic carbocycles. The molecule has 0 heterocycles. The summed E-state index contributed by atoms with van der Waals surface area (Å²) in [7, 11) is 0. The number of hydrogen-bond donors (Lipinski definition) is 3. The Bertz CT molecular complexity index is 1020. The zero-order valence-corrected chi connectivity index (χ0v) is 20.2. The molecule has 1 fully saturated rings. The van der Waals surface area contributed by atoms with E-state index in [1.165, 1.54) is 13.3 Å².